The van der Waals surface area contributed by atoms with Gasteiger partial charge in [-0.25, -0.2) is 8.42 Å². The van der Waals surface area contributed by atoms with E-state index in [2.05, 4.69) is 60.4 Å². The fourth-order valence-electron chi connectivity index (χ4n) is 3.49. The third kappa shape index (κ3) is 3.65. The maximum atomic E-state index is 11.6. The van der Waals surface area contributed by atoms with Gasteiger partial charge in [-0.1, -0.05) is 60.7 Å². The lowest BCUT2D eigenvalue weighted by atomic mass is 9.85. The maximum absolute atomic E-state index is 11.6. The summed E-state index contributed by atoms with van der Waals surface area (Å²) < 4.78 is 23.2. The number of hydrogen-bond donors (Lipinski definition) is 0. The van der Waals surface area contributed by atoms with Crippen LogP contribution in [0.5, 0.6) is 0 Å². The molecular weight excluding hydrogens is 306 g/mol. The lowest BCUT2D eigenvalue weighted by molar-refractivity contribution is 0.0118. The Labute approximate surface area is 138 Å². The van der Waals surface area contributed by atoms with Crippen LogP contribution < -0.4 is 0 Å². The van der Waals surface area contributed by atoms with E-state index in [0.29, 0.717) is 0 Å². The van der Waals surface area contributed by atoms with Gasteiger partial charge >= 0.3 is 0 Å². The molecule has 0 saturated carbocycles. The quantitative estimate of drug-likeness (QED) is 0.846. The minimum atomic E-state index is -2.92. The summed E-state index contributed by atoms with van der Waals surface area (Å²) in [6.45, 7) is 2.96. The lowest BCUT2D eigenvalue weighted by Gasteiger charge is -2.50. The second-order valence-electron chi connectivity index (χ2n) is 6.51. The Morgan fingerprint density at radius 1 is 1.00 bits per heavy atom. The van der Waals surface area contributed by atoms with Crippen LogP contribution in [0.1, 0.15) is 24.1 Å². The first-order chi connectivity index (χ1) is 11.0. The molecule has 3 nitrogen and oxygen atoms in total. The third-order valence-electron chi connectivity index (χ3n) is 4.73. The van der Waals surface area contributed by atoms with Crippen LogP contribution in [-0.4, -0.2) is 37.9 Å². The van der Waals surface area contributed by atoms with Gasteiger partial charge in [0.2, 0.25) is 0 Å². The summed E-state index contributed by atoms with van der Waals surface area (Å²) in [5.41, 5.74) is 2.51. The predicted molar refractivity (Wildman–Crippen MR) is 94.1 cm³/mol. The van der Waals surface area contributed by atoms with Crippen LogP contribution in [0.2, 0.25) is 0 Å². The van der Waals surface area contributed by atoms with Crippen molar-refractivity contribution in [2.75, 3.05) is 18.6 Å². The van der Waals surface area contributed by atoms with Gasteiger partial charge in [-0.05, 0) is 18.1 Å². The molecule has 4 heteroatoms. The van der Waals surface area contributed by atoms with Crippen molar-refractivity contribution >= 4 is 9.84 Å². The summed E-state index contributed by atoms with van der Waals surface area (Å²) in [6, 6.07) is 21.3. The molecule has 2 atom stereocenters. The van der Waals surface area contributed by atoms with Crippen molar-refractivity contribution in [3.63, 3.8) is 0 Å². The molecule has 3 rings (SSSR count). The van der Waals surface area contributed by atoms with Crippen LogP contribution >= 0.6 is 0 Å². The van der Waals surface area contributed by atoms with E-state index < -0.39 is 9.84 Å². The van der Waals surface area contributed by atoms with Gasteiger partial charge in [0.15, 0.2) is 0 Å². The van der Waals surface area contributed by atoms with Crippen LogP contribution in [0.25, 0.3) is 0 Å². The van der Waals surface area contributed by atoms with Gasteiger partial charge in [-0.3, -0.25) is 4.90 Å². The molecule has 0 spiro atoms. The molecule has 0 bridgehead atoms. The number of nitrogens with zero attached hydrogens (tertiary/aromatic N) is 1. The van der Waals surface area contributed by atoms with Crippen LogP contribution in [-0.2, 0) is 9.84 Å². The molecule has 2 aromatic carbocycles. The summed E-state index contributed by atoms with van der Waals surface area (Å²) in [4.78, 5) is 2.40. The average molecular weight is 329 g/mol. The van der Waals surface area contributed by atoms with Crippen molar-refractivity contribution < 1.29 is 8.42 Å². The molecule has 2 aromatic rings. The monoisotopic (exact) mass is 329 g/mol. The molecule has 1 heterocycles. The Bertz CT molecular complexity index is 704. The number of rotatable bonds is 5. The number of benzene rings is 2. The Morgan fingerprint density at radius 2 is 1.48 bits per heavy atom. The highest BCUT2D eigenvalue weighted by atomic mass is 32.2. The van der Waals surface area contributed by atoms with Gasteiger partial charge in [0.25, 0.3) is 0 Å². The van der Waals surface area contributed by atoms with Crippen molar-refractivity contribution in [3.05, 3.63) is 71.8 Å². The zero-order chi connectivity index (χ0) is 16.4. The van der Waals surface area contributed by atoms with E-state index in [1.165, 1.54) is 17.4 Å². The summed E-state index contributed by atoms with van der Waals surface area (Å²) in [7, 11) is -2.92. The van der Waals surface area contributed by atoms with E-state index in [0.717, 1.165) is 6.54 Å². The van der Waals surface area contributed by atoms with Crippen molar-refractivity contribution in [1.29, 1.82) is 0 Å². The van der Waals surface area contributed by atoms with Gasteiger partial charge in [0.05, 0.1) is 11.8 Å². The fourth-order valence-corrected chi connectivity index (χ4v) is 4.65. The van der Waals surface area contributed by atoms with Gasteiger partial charge in [0, 0.05) is 24.8 Å². The SMILES string of the molecule is C[C@@H]1[C@@H](CS(C)(=O)=O)CN1C(c1ccccc1)c1ccccc1. The Balaban J connectivity index is 1.87. The summed E-state index contributed by atoms with van der Waals surface area (Å²) in [5, 5.41) is 0. The highest BCUT2D eigenvalue weighted by Gasteiger charge is 2.41. The molecule has 122 valence electrons. The maximum Gasteiger partial charge on any atom is 0.147 e. The minimum absolute atomic E-state index is 0.184. The number of sulfone groups is 1. The zero-order valence-corrected chi connectivity index (χ0v) is 14.4. The van der Waals surface area contributed by atoms with Gasteiger partial charge in [-0.2, -0.15) is 0 Å². The fraction of sp³-hybridized carbons (Fsp3) is 0.368. The summed E-state index contributed by atoms with van der Waals surface area (Å²) >= 11 is 0. The molecule has 1 aliphatic rings. The molecule has 0 radical (unpaired) electrons. The molecule has 0 unspecified atom stereocenters. The van der Waals surface area contributed by atoms with Gasteiger partial charge in [-0.15, -0.1) is 0 Å². The second kappa shape index (κ2) is 6.46. The van der Waals surface area contributed by atoms with Gasteiger partial charge in [0.1, 0.15) is 9.84 Å². The summed E-state index contributed by atoms with van der Waals surface area (Å²) in [5.74, 6) is 0.501. The van der Waals surface area contributed by atoms with E-state index in [4.69, 9.17) is 0 Å². The Hall–Kier alpha value is -1.65. The molecule has 1 fully saturated rings. The van der Waals surface area contributed by atoms with Crippen molar-refractivity contribution in [1.82, 2.24) is 4.90 Å². The van der Waals surface area contributed by atoms with Crippen LogP contribution in [0.4, 0.5) is 0 Å². The Kier molecular flexibility index (Phi) is 4.55. The molecule has 1 aliphatic heterocycles. The largest absolute Gasteiger partial charge is 0.289 e. The minimum Gasteiger partial charge on any atom is -0.289 e. The highest BCUT2D eigenvalue weighted by Crippen LogP contribution is 2.38. The molecule has 0 aliphatic carbocycles. The molecule has 1 saturated heterocycles. The van der Waals surface area contributed by atoms with E-state index in [-0.39, 0.29) is 23.8 Å². The van der Waals surface area contributed by atoms with Crippen LogP contribution in [0.15, 0.2) is 60.7 Å². The molecule has 0 aromatic heterocycles. The molecule has 23 heavy (non-hydrogen) atoms. The normalized spacial score (nSPS) is 22.0. The lowest BCUT2D eigenvalue weighted by Crippen LogP contribution is -2.57. The zero-order valence-electron chi connectivity index (χ0n) is 13.6. The Morgan fingerprint density at radius 3 is 1.87 bits per heavy atom. The summed E-state index contributed by atoms with van der Waals surface area (Å²) in [6.07, 6.45) is 1.33. The smallest absolute Gasteiger partial charge is 0.147 e. The van der Waals surface area contributed by atoms with E-state index in [1.807, 2.05) is 12.1 Å². The first kappa shape index (κ1) is 16.2. The molecule has 0 amide bonds. The van der Waals surface area contributed by atoms with Crippen LogP contribution in [0, 0.1) is 5.92 Å². The molecular formula is C19H23NO2S. The third-order valence-corrected chi connectivity index (χ3v) is 5.76. The first-order valence-electron chi connectivity index (χ1n) is 7.99. The standard InChI is InChI=1S/C19H23NO2S/c1-15-18(14-23(2,21)22)13-20(15)19(16-9-5-3-6-10-16)17-11-7-4-8-12-17/h3-12,15,18-19H,13-14H2,1-2H3/t15-,18-/m1/s1. The van der Waals surface area contributed by atoms with Crippen LogP contribution in [0.3, 0.4) is 0 Å². The van der Waals surface area contributed by atoms with Crippen molar-refractivity contribution in [3.8, 4) is 0 Å². The second-order valence-corrected chi connectivity index (χ2v) is 8.70. The van der Waals surface area contributed by atoms with Crippen molar-refractivity contribution in [2.45, 2.75) is 19.0 Å². The van der Waals surface area contributed by atoms with E-state index in [1.54, 1.807) is 0 Å². The number of hydrogen-bond acceptors (Lipinski definition) is 3. The van der Waals surface area contributed by atoms with E-state index >= 15 is 0 Å². The topological polar surface area (TPSA) is 37.4 Å². The predicted octanol–water partition coefficient (Wildman–Crippen LogP) is 3.14. The average Bonchev–Trinajstić information content (AvgIpc) is 2.54. The number of likely N-dealkylation sites (tertiary alicyclic amines) is 1. The first-order valence-corrected chi connectivity index (χ1v) is 10.0. The van der Waals surface area contributed by atoms with Gasteiger partial charge < -0.3 is 0 Å². The molecule has 0 N–H and O–H groups in total. The van der Waals surface area contributed by atoms with E-state index in [9.17, 15) is 8.42 Å². The highest BCUT2D eigenvalue weighted by molar-refractivity contribution is 7.90. The van der Waals surface area contributed by atoms with Crippen molar-refractivity contribution in [2.24, 2.45) is 5.92 Å².